The van der Waals surface area contributed by atoms with E-state index in [1.165, 1.54) is 92.9 Å². The van der Waals surface area contributed by atoms with Crippen LogP contribution >= 0.6 is 7.92 Å². The van der Waals surface area contributed by atoms with Crippen LogP contribution in [0.5, 0.6) is 0 Å². The van der Waals surface area contributed by atoms with E-state index in [1.807, 2.05) is 0 Å². The molecular weight excluding hydrogens is 427 g/mol. The molecule has 3 aliphatic rings. The van der Waals surface area contributed by atoms with E-state index in [0.29, 0.717) is 5.16 Å². The molecule has 0 amide bonds. The molecule has 1 atom stereocenters. The number of allylic oxidation sites excluding steroid dienone is 4. The molecule has 0 N–H and O–H groups in total. The first-order valence-corrected chi connectivity index (χ1v) is 15.1. The third-order valence-electron chi connectivity index (χ3n) is 8.44. The highest BCUT2D eigenvalue weighted by Crippen LogP contribution is 2.72. The number of hydrogen-bond donors (Lipinski definition) is 0. The second-order valence-electron chi connectivity index (χ2n) is 10.9. The summed E-state index contributed by atoms with van der Waals surface area (Å²) < 4.78 is 0. The zero-order valence-corrected chi connectivity index (χ0v) is 22.1. The van der Waals surface area contributed by atoms with Crippen molar-refractivity contribution in [2.75, 3.05) is 0 Å². The van der Waals surface area contributed by atoms with Crippen molar-refractivity contribution >= 4 is 19.3 Å². The standard InChI is InChI=1S/C33H41P/c1-26-15-19-28(20-16-26)25-32(29-21-17-27(2)18-22-29)34(31-13-5-3-6-14-31)33(23-9-4-10-24-33)30-11-7-8-12-30/h7-8,11,15-22,25,31H,3-6,9-10,12-14,23-24H2,1-2H3. The van der Waals surface area contributed by atoms with Gasteiger partial charge in [-0.25, -0.2) is 0 Å². The summed E-state index contributed by atoms with van der Waals surface area (Å²) in [5.41, 5.74) is 8.14. The summed E-state index contributed by atoms with van der Waals surface area (Å²) in [6.45, 7) is 4.41. The fourth-order valence-corrected chi connectivity index (χ4v) is 11.0. The largest absolute Gasteiger partial charge is 0.0804 e. The molecular formula is C33H41P. The maximum atomic E-state index is 2.60. The lowest BCUT2D eigenvalue weighted by molar-refractivity contribution is 0.420. The van der Waals surface area contributed by atoms with E-state index in [-0.39, 0.29) is 7.92 Å². The Bertz CT molecular complexity index is 1040. The Hall–Kier alpha value is -1.91. The lowest BCUT2D eigenvalue weighted by Crippen LogP contribution is -2.36. The molecule has 2 aromatic carbocycles. The van der Waals surface area contributed by atoms with Crippen molar-refractivity contribution in [1.29, 1.82) is 0 Å². The number of benzene rings is 2. The van der Waals surface area contributed by atoms with Crippen LogP contribution in [0.3, 0.4) is 0 Å². The van der Waals surface area contributed by atoms with E-state index < -0.39 is 0 Å². The van der Waals surface area contributed by atoms with Crippen LogP contribution in [0.2, 0.25) is 0 Å². The molecule has 0 bridgehead atoms. The average Bonchev–Trinajstić information content (AvgIpc) is 3.43. The fourth-order valence-electron chi connectivity index (χ4n) is 6.60. The molecule has 178 valence electrons. The molecule has 1 heteroatoms. The van der Waals surface area contributed by atoms with Crippen LogP contribution < -0.4 is 0 Å². The van der Waals surface area contributed by atoms with Crippen molar-refractivity contribution in [3.05, 3.63) is 94.6 Å². The van der Waals surface area contributed by atoms with Gasteiger partial charge in [0.25, 0.3) is 0 Å². The van der Waals surface area contributed by atoms with Crippen LogP contribution in [0.1, 0.15) is 92.9 Å². The Morgan fingerprint density at radius 2 is 1.41 bits per heavy atom. The van der Waals surface area contributed by atoms with E-state index in [1.54, 1.807) is 10.9 Å². The molecule has 0 heterocycles. The summed E-state index contributed by atoms with van der Waals surface area (Å²) in [4.78, 5) is 0. The summed E-state index contributed by atoms with van der Waals surface area (Å²) in [5, 5.41) is 2.04. The summed E-state index contributed by atoms with van der Waals surface area (Å²) in [6, 6.07) is 18.7. The van der Waals surface area contributed by atoms with Gasteiger partial charge in [-0.15, -0.1) is 0 Å². The molecule has 3 aliphatic carbocycles. The molecule has 0 aromatic heterocycles. The van der Waals surface area contributed by atoms with Gasteiger partial charge in [0.2, 0.25) is 0 Å². The highest BCUT2D eigenvalue weighted by molar-refractivity contribution is 7.71. The van der Waals surface area contributed by atoms with Gasteiger partial charge in [0.1, 0.15) is 0 Å². The molecule has 0 radical (unpaired) electrons. The highest BCUT2D eigenvalue weighted by Gasteiger charge is 2.47. The predicted molar refractivity (Wildman–Crippen MR) is 152 cm³/mol. The Morgan fingerprint density at radius 1 is 0.794 bits per heavy atom. The van der Waals surface area contributed by atoms with Crippen LogP contribution in [0.25, 0.3) is 11.4 Å². The first-order valence-electron chi connectivity index (χ1n) is 13.7. The smallest absolute Gasteiger partial charge is 0.0163 e. The zero-order chi connectivity index (χ0) is 23.4. The van der Waals surface area contributed by atoms with Gasteiger partial charge >= 0.3 is 0 Å². The number of hydrogen-bond acceptors (Lipinski definition) is 0. The van der Waals surface area contributed by atoms with Crippen LogP contribution in [0.4, 0.5) is 0 Å². The van der Waals surface area contributed by atoms with Crippen LogP contribution in [-0.2, 0) is 0 Å². The van der Waals surface area contributed by atoms with E-state index in [0.717, 1.165) is 5.66 Å². The monoisotopic (exact) mass is 468 g/mol. The van der Waals surface area contributed by atoms with Crippen molar-refractivity contribution in [3.8, 4) is 0 Å². The molecule has 0 aliphatic heterocycles. The van der Waals surface area contributed by atoms with Crippen LogP contribution in [-0.4, -0.2) is 10.8 Å². The van der Waals surface area contributed by atoms with Gasteiger partial charge in [-0.3, -0.25) is 0 Å². The van der Waals surface area contributed by atoms with Crippen molar-refractivity contribution in [2.45, 2.75) is 95.3 Å². The minimum absolute atomic E-state index is 0.320. The summed E-state index contributed by atoms with van der Waals surface area (Å²) in [5.74, 6) is 0. The topological polar surface area (TPSA) is 0 Å². The van der Waals surface area contributed by atoms with Crippen molar-refractivity contribution in [3.63, 3.8) is 0 Å². The Labute approximate surface area is 209 Å². The van der Waals surface area contributed by atoms with Gasteiger partial charge in [-0.1, -0.05) is 130 Å². The quantitative estimate of drug-likeness (QED) is 0.292. The van der Waals surface area contributed by atoms with E-state index in [2.05, 4.69) is 86.7 Å². The Morgan fingerprint density at radius 3 is 2.03 bits per heavy atom. The predicted octanol–water partition coefficient (Wildman–Crippen LogP) is 10.2. The second-order valence-corrected chi connectivity index (χ2v) is 13.7. The molecule has 5 rings (SSSR count). The second kappa shape index (κ2) is 10.8. The highest BCUT2D eigenvalue weighted by atomic mass is 31.1. The first kappa shape index (κ1) is 23.8. The Balaban J connectivity index is 1.69. The average molecular weight is 469 g/mol. The van der Waals surface area contributed by atoms with Gasteiger partial charge in [0, 0.05) is 5.16 Å². The molecule has 0 nitrogen and oxygen atoms in total. The number of aryl methyl sites for hydroxylation is 2. The molecule has 34 heavy (non-hydrogen) atoms. The van der Waals surface area contributed by atoms with E-state index in [4.69, 9.17) is 0 Å². The molecule has 2 aromatic rings. The number of rotatable bonds is 6. The SMILES string of the molecule is Cc1ccc(C=C(c2ccc(C)cc2)P(C2CCCCC2)C2(C3=CC=CC3)CCCCC2)cc1. The van der Waals surface area contributed by atoms with Gasteiger partial charge in [0.05, 0.1) is 0 Å². The summed E-state index contributed by atoms with van der Waals surface area (Å²) in [6.07, 6.45) is 25.1. The minimum Gasteiger partial charge on any atom is -0.0804 e. The normalized spacial score (nSPS) is 21.9. The lowest BCUT2D eigenvalue weighted by atomic mass is 9.82. The molecule has 0 saturated heterocycles. The summed E-state index contributed by atoms with van der Waals surface area (Å²) in [7, 11) is -0.320. The first-order chi connectivity index (χ1) is 16.7. The third-order valence-corrected chi connectivity index (χ3v) is 12.2. The fraction of sp³-hybridized carbons (Fsp3) is 0.455. The van der Waals surface area contributed by atoms with Crippen LogP contribution in [0, 0.1) is 13.8 Å². The van der Waals surface area contributed by atoms with Crippen molar-refractivity contribution in [1.82, 2.24) is 0 Å². The van der Waals surface area contributed by atoms with E-state index in [9.17, 15) is 0 Å². The minimum atomic E-state index is -0.320. The molecule has 2 fully saturated rings. The Kier molecular flexibility index (Phi) is 7.55. The van der Waals surface area contributed by atoms with Gasteiger partial charge in [-0.05, 0) is 74.1 Å². The van der Waals surface area contributed by atoms with Crippen molar-refractivity contribution < 1.29 is 0 Å². The third kappa shape index (κ3) is 5.04. The van der Waals surface area contributed by atoms with Crippen LogP contribution in [0.15, 0.2) is 72.3 Å². The maximum absolute atomic E-state index is 2.60. The van der Waals surface area contributed by atoms with Crippen molar-refractivity contribution in [2.24, 2.45) is 0 Å². The summed E-state index contributed by atoms with van der Waals surface area (Å²) >= 11 is 0. The van der Waals surface area contributed by atoms with Gasteiger partial charge in [-0.2, -0.15) is 0 Å². The van der Waals surface area contributed by atoms with Gasteiger partial charge < -0.3 is 0 Å². The molecule has 1 unspecified atom stereocenters. The van der Waals surface area contributed by atoms with E-state index >= 15 is 0 Å². The molecule has 0 spiro atoms. The van der Waals surface area contributed by atoms with Gasteiger partial charge in [0.15, 0.2) is 0 Å². The molecule has 2 saturated carbocycles. The zero-order valence-electron chi connectivity index (χ0n) is 21.2. The lowest BCUT2D eigenvalue weighted by Gasteiger charge is -2.50. The maximum Gasteiger partial charge on any atom is 0.0163 e.